The highest BCUT2D eigenvalue weighted by Crippen LogP contribution is 2.40. The van der Waals surface area contributed by atoms with Crippen molar-refractivity contribution >= 4 is 21.6 Å². The molecule has 8 heteroatoms. The Morgan fingerprint density at radius 2 is 2.24 bits per heavy atom. The largest absolute Gasteiger partial charge is 0.490 e. The zero-order valence-electron chi connectivity index (χ0n) is 11.3. The van der Waals surface area contributed by atoms with Crippen LogP contribution in [0.15, 0.2) is 18.2 Å². The number of methoxy groups -OCH3 is 1. The van der Waals surface area contributed by atoms with Crippen LogP contribution in [0.1, 0.15) is 24.7 Å². The number of rotatable bonds is 5. The second kappa shape index (κ2) is 5.44. The molecule has 7 nitrogen and oxygen atoms in total. The molecule has 0 spiro atoms. The number of ether oxygens (including phenoxy) is 1. The van der Waals surface area contributed by atoms with Gasteiger partial charge in [-0.25, -0.2) is 0 Å². The van der Waals surface area contributed by atoms with Crippen molar-refractivity contribution in [2.75, 3.05) is 7.11 Å². The van der Waals surface area contributed by atoms with E-state index in [-0.39, 0.29) is 11.4 Å². The number of hydrogen-bond acceptors (Lipinski definition) is 5. The summed E-state index contributed by atoms with van der Waals surface area (Å²) in [4.78, 5) is 10.5. The molecule has 1 aliphatic rings. The van der Waals surface area contributed by atoms with Gasteiger partial charge in [0.05, 0.1) is 17.4 Å². The number of aromatic nitrogens is 3. The Hall–Kier alpha value is -1.96. The highest BCUT2D eigenvalue weighted by molar-refractivity contribution is 9.08. The van der Waals surface area contributed by atoms with Crippen molar-refractivity contribution in [1.29, 1.82) is 0 Å². The molecule has 1 saturated carbocycles. The maximum atomic E-state index is 11.0. The molecule has 110 valence electrons. The molecule has 1 heterocycles. The molecule has 21 heavy (non-hydrogen) atoms. The Labute approximate surface area is 129 Å². The summed E-state index contributed by atoms with van der Waals surface area (Å²) in [6, 6.07) is 5.18. The minimum atomic E-state index is -0.460. The highest BCUT2D eigenvalue weighted by atomic mass is 79.9. The van der Waals surface area contributed by atoms with Crippen LogP contribution in [-0.4, -0.2) is 26.8 Å². The van der Waals surface area contributed by atoms with Gasteiger partial charge < -0.3 is 9.30 Å². The number of alkyl halides is 1. The standard InChI is InChI=1S/C13H13BrN4O3/c1-21-11-6-8(2-5-10(11)18(19)20)13-16-15-12(7-14)17(13)9-3-4-9/h2,5-6,9H,3-4,7H2,1H3. The van der Waals surface area contributed by atoms with Crippen molar-refractivity contribution in [1.82, 2.24) is 14.8 Å². The molecule has 1 fully saturated rings. The maximum absolute atomic E-state index is 11.0. The van der Waals surface area contributed by atoms with Crippen LogP contribution in [0.3, 0.4) is 0 Å². The molecule has 0 amide bonds. The number of halogens is 1. The topological polar surface area (TPSA) is 83.1 Å². The van der Waals surface area contributed by atoms with Gasteiger partial charge in [-0.1, -0.05) is 15.9 Å². The van der Waals surface area contributed by atoms with E-state index in [2.05, 4.69) is 30.7 Å². The van der Waals surface area contributed by atoms with Crippen LogP contribution in [0, 0.1) is 10.1 Å². The van der Waals surface area contributed by atoms with E-state index in [9.17, 15) is 10.1 Å². The fraction of sp³-hybridized carbons (Fsp3) is 0.385. The molecule has 0 bridgehead atoms. The van der Waals surface area contributed by atoms with Crippen LogP contribution >= 0.6 is 15.9 Å². The molecule has 1 aromatic carbocycles. The molecule has 2 aromatic rings. The molecule has 1 aliphatic carbocycles. The summed E-state index contributed by atoms with van der Waals surface area (Å²) in [5.41, 5.74) is 0.712. The van der Waals surface area contributed by atoms with E-state index in [1.165, 1.54) is 13.2 Å². The second-order valence-corrected chi connectivity index (χ2v) is 5.38. The summed E-state index contributed by atoms with van der Waals surface area (Å²) in [5, 5.41) is 20.0. The van der Waals surface area contributed by atoms with Gasteiger partial charge in [-0.2, -0.15) is 0 Å². The van der Waals surface area contributed by atoms with E-state index < -0.39 is 4.92 Å². The first-order chi connectivity index (χ1) is 10.2. The predicted molar refractivity (Wildman–Crippen MR) is 79.6 cm³/mol. The number of benzene rings is 1. The lowest BCUT2D eigenvalue weighted by atomic mass is 10.1. The first-order valence-electron chi connectivity index (χ1n) is 6.48. The Bertz CT molecular complexity index is 697. The monoisotopic (exact) mass is 352 g/mol. The van der Waals surface area contributed by atoms with Gasteiger partial charge in [-0.05, 0) is 25.0 Å². The van der Waals surface area contributed by atoms with Gasteiger partial charge in [0, 0.05) is 17.7 Å². The second-order valence-electron chi connectivity index (χ2n) is 4.82. The van der Waals surface area contributed by atoms with Crippen molar-refractivity contribution in [3.05, 3.63) is 34.1 Å². The SMILES string of the molecule is COc1cc(-c2nnc(CBr)n2C2CC2)ccc1[N+](=O)[O-]. The first-order valence-corrected chi connectivity index (χ1v) is 7.60. The highest BCUT2D eigenvalue weighted by Gasteiger charge is 2.30. The van der Waals surface area contributed by atoms with Crippen LogP contribution in [-0.2, 0) is 5.33 Å². The van der Waals surface area contributed by atoms with Gasteiger partial charge >= 0.3 is 5.69 Å². The molecular weight excluding hydrogens is 340 g/mol. The Morgan fingerprint density at radius 1 is 1.48 bits per heavy atom. The molecule has 1 aromatic heterocycles. The summed E-state index contributed by atoms with van der Waals surface area (Å²) in [5.74, 6) is 1.81. The average Bonchev–Trinajstić information content (AvgIpc) is 3.25. The van der Waals surface area contributed by atoms with E-state index in [0.29, 0.717) is 11.4 Å². The Morgan fingerprint density at radius 3 is 2.81 bits per heavy atom. The van der Waals surface area contributed by atoms with E-state index in [1.807, 2.05) is 0 Å². The molecule has 0 saturated heterocycles. The zero-order chi connectivity index (χ0) is 15.0. The number of nitro groups is 1. The van der Waals surface area contributed by atoms with Gasteiger partial charge in [0.2, 0.25) is 0 Å². The van der Waals surface area contributed by atoms with Crippen molar-refractivity contribution in [3.8, 4) is 17.1 Å². The minimum absolute atomic E-state index is 0.0561. The van der Waals surface area contributed by atoms with Crippen molar-refractivity contribution in [2.45, 2.75) is 24.2 Å². The van der Waals surface area contributed by atoms with Crippen molar-refractivity contribution in [3.63, 3.8) is 0 Å². The predicted octanol–water partition coefficient (Wildman–Crippen LogP) is 3.09. The third kappa shape index (κ3) is 2.51. The average molecular weight is 353 g/mol. The first kappa shape index (κ1) is 14.0. The maximum Gasteiger partial charge on any atom is 0.310 e. The molecule has 0 unspecified atom stereocenters. The number of nitrogens with zero attached hydrogens (tertiary/aromatic N) is 4. The van der Waals surface area contributed by atoms with Gasteiger partial charge in [0.15, 0.2) is 11.6 Å². The van der Waals surface area contributed by atoms with E-state index in [0.717, 1.165) is 30.1 Å². The van der Waals surface area contributed by atoms with Crippen molar-refractivity contribution < 1.29 is 9.66 Å². The summed E-state index contributed by atoms with van der Waals surface area (Å²) in [7, 11) is 1.42. The number of nitro benzene ring substituents is 1. The van der Waals surface area contributed by atoms with Gasteiger partial charge in [0.1, 0.15) is 5.82 Å². The minimum Gasteiger partial charge on any atom is -0.490 e. The molecule has 0 N–H and O–H groups in total. The third-order valence-electron chi connectivity index (χ3n) is 3.43. The zero-order valence-corrected chi connectivity index (χ0v) is 12.9. The van der Waals surface area contributed by atoms with E-state index in [1.54, 1.807) is 12.1 Å². The van der Waals surface area contributed by atoms with Crippen molar-refractivity contribution in [2.24, 2.45) is 0 Å². The summed E-state index contributed by atoms with van der Waals surface area (Å²) >= 11 is 3.41. The summed E-state index contributed by atoms with van der Waals surface area (Å²) < 4.78 is 7.20. The van der Waals surface area contributed by atoms with Crippen LogP contribution < -0.4 is 4.74 Å². The molecule has 0 aliphatic heterocycles. The summed E-state index contributed by atoms with van der Waals surface area (Å²) in [6.07, 6.45) is 2.21. The van der Waals surface area contributed by atoms with Crippen LogP contribution in [0.5, 0.6) is 5.75 Å². The van der Waals surface area contributed by atoms with Gasteiger partial charge in [0.25, 0.3) is 0 Å². The molecular formula is C13H13BrN4O3. The lowest BCUT2D eigenvalue weighted by Crippen LogP contribution is -2.02. The summed E-state index contributed by atoms with van der Waals surface area (Å²) in [6.45, 7) is 0. The molecule has 0 radical (unpaired) electrons. The smallest absolute Gasteiger partial charge is 0.310 e. The quantitative estimate of drug-likeness (QED) is 0.469. The van der Waals surface area contributed by atoms with Crippen LogP contribution in [0.4, 0.5) is 5.69 Å². The van der Waals surface area contributed by atoms with E-state index >= 15 is 0 Å². The lowest BCUT2D eigenvalue weighted by molar-refractivity contribution is -0.385. The molecule has 0 atom stereocenters. The fourth-order valence-electron chi connectivity index (χ4n) is 2.30. The van der Waals surface area contributed by atoms with E-state index in [4.69, 9.17) is 4.74 Å². The van der Waals surface area contributed by atoms with Gasteiger partial charge in [-0.3, -0.25) is 10.1 Å². The lowest BCUT2D eigenvalue weighted by Gasteiger charge is -2.09. The normalized spacial score (nSPS) is 14.2. The molecule has 3 rings (SSSR count). The van der Waals surface area contributed by atoms with Gasteiger partial charge in [-0.15, -0.1) is 10.2 Å². The fourth-order valence-corrected chi connectivity index (χ4v) is 2.68. The van der Waals surface area contributed by atoms with Crippen LogP contribution in [0.2, 0.25) is 0 Å². The Kier molecular flexibility index (Phi) is 3.62. The van der Waals surface area contributed by atoms with Crippen LogP contribution in [0.25, 0.3) is 11.4 Å². The number of hydrogen-bond donors (Lipinski definition) is 0. The Balaban J connectivity index is 2.09. The third-order valence-corrected chi connectivity index (χ3v) is 3.93.